The first kappa shape index (κ1) is 28.9. The number of carbonyl (C=O) groups is 1. The van der Waals surface area contributed by atoms with E-state index in [9.17, 15) is 19.4 Å². The van der Waals surface area contributed by atoms with Crippen molar-refractivity contribution in [3.63, 3.8) is 0 Å². The molecule has 0 aliphatic heterocycles. The fourth-order valence-corrected chi connectivity index (χ4v) is 4.04. The molecule has 9 nitrogen and oxygen atoms in total. The summed E-state index contributed by atoms with van der Waals surface area (Å²) < 4.78 is 15.6. The van der Waals surface area contributed by atoms with Crippen molar-refractivity contribution in [1.29, 1.82) is 0 Å². The number of aliphatic hydroxyl groups excluding tert-OH is 2. The summed E-state index contributed by atoms with van der Waals surface area (Å²) in [6.07, 6.45) is 0.270. The first-order chi connectivity index (χ1) is 17.7. The molecule has 2 aromatic heterocycles. The Kier molecular flexibility index (Phi) is 9.01. The number of hydrogen-bond acceptors (Lipinski definition) is 7. The lowest BCUT2D eigenvalue weighted by atomic mass is 9.97. The summed E-state index contributed by atoms with van der Waals surface area (Å²) in [5.74, 6) is -0.501. The number of benzene rings is 1. The van der Waals surface area contributed by atoms with Crippen molar-refractivity contribution in [3.05, 3.63) is 59.2 Å². The predicted molar refractivity (Wildman–Crippen MR) is 145 cm³/mol. The minimum absolute atomic E-state index is 0.0404. The molecular weight excluding hydrogens is 489 g/mol. The van der Waals surface area contributed by atoms with Crippen LogP contribution in [0.15, 0.2) is 36.4 Å². The number of carboxylic acid groups (broad SMARTS) is 1. The van der Waals surface area contributed by atoms with Gasteiger partial charge in [-0.25, -0.2) is 19.0 Å². The number of halogens is 1. The van der Waals surface area contributed by atoms with Crippen molar-refractivity contribution in [2.24, 2.45) is 0 Å². The Bertz CT molecular complexity index is 1300. The molecule has 0 aliphatic carbocycles. The van der Waals surface area contributed by atoms with Crippen LogP contribution in [0.2, 0.25) is 0 Å². The van der Waals surface area contributed by atoms with Gasteiger partial charge in [-0.1, -0.05) is 26.0 Å². The molecule has 0 saturated carbocycles. The van der Waals surface area contributed by atoms with Gasteiger partial charge in [0.05, 0.1) is 41.2 Å². The maximum Gasteiger partial charge on any atom is 0.305 e. The van der Waals surface area contributed by atoms with E-state index in [-0.39, 0.29) is 23.7 Å². The van der Waals surface area contributed by atoms with E-state index in [1.807, 2.05) is 52.3 Å². The van der Waals surface area contributed by atoms with E-state index < -0.39 is 24.6 Å². The molecule has 4 N–H and O–H groups in total. The highest BCUT2D eigenvalue weighted by Gasteiger charge is 2.22. The predicted octanol–water partition coefficient (Wildman–Crippen LogP) is 5.01. The highest BCUT2D eigenvalue weighted by Crippen LogP contribution is 2.32. The third kappa shape index (κ3) is 7.45. The number of anilines is 2. The standard InChI is InChI=1S/C28H36FN5O4/c1-16(2)25-22(12-11-20(35)14-21(36)15-24(37)38)26(18-7-9-19(29)10-8-18)32-27(31-25)30-23-13-17(3)33-34(23)28(4,5)6/h7-13,16,20-21,35-36H,14-15H2,1-6H3,(H,37,38)(H,30,31,32)/t20-,21-/m1/s1. The molecule has 0 aliphatic rings. The van der Waals surface area contributed by atoms with Gasteiger partial charge < -0.3 is 20.6 Å². The van der Waals surface area contributed by atoms with Crippen LogP contribution < -0.4 is 5.32 Å². The normalized spacial score (nSPS) is 13.7. The summed E-state index contributed by atoms with van der Waals surface area (Å²) in [6.45, 7) is 12.0. The number of hydrogen-bond donors (Lipinski definition) is 4. The molecule has 3 rings (SSSR count). The van der Waals surface area contributed by atoms with Gasteiger partial charge in [0, 0.05) is 23.6 Å². The fraction of sp³-hybridized carbons (Fsp3) is 0.429. The van der Waals surface area contributed by atoms with Gasteiger partial charge in [0.1, 0.15) is 11.6 Å². The number of aromatic nitrogens is 4. The number of rotatable bonds is 10. The lowest BCUT2D eigenvalue weighted by Gasteiger charge is -2.23. The Morgan fingerprint density at radius 3 is 2.39 bits per heavy atom. The highest BCUT2D eigenvalue weighted by molar-refractivity contribution is 5.75. The number of aliphatic carboxylic acids is 1. The van der Waals surface area contributed by atoms with Crippen LogP contribution in [0, 0.1) is 12.7 Å². The van der Waals surface area contributed by atoms with Crippen LogP contribution >= 0.6 is 0 Å². The molecule has 10 heteroatoms. The van der Waals surface area contributed by atoms with Crippen LogP contribution in [0.5, 0.6) is 0 Å². The molecular formula is C28H36FN5O4. The van der Waals surface area contributed by atoms with Crippen LogP contribution in [0.25, 0.3) is 17.3 Å². The van der Waals surface area contributed by atoms with E-state index in [0.717, 1.165) is 11.5 Å². The number of nitrogens with zero attached hydrogens (tertiary/aromatic N) is 4. The maximum absolute atomic E-state index is 13.7. The summed E-state index contributed by atoms with van der Waals surface area (Å²) in [4.78, 5) is 20.4. The summed E-state index contributed by atoms with van der Waals surface area (Å²) in [6, 6.07) is 7.86. The zero-order chi connectivity index (χ0) is 28.2. The average molecular weight is 526 g/mol. The molecule has 0 radical (unpaired) electrons. The highest BCUT2D eigenvalue weighted by atomic mass is 19.1. The molecule has 2 heterocycles. The van der Waals surface area contributed by atoms with Gasteiger partial charge in [0.15, 0.2) is 0 Å². The van der Waals surface area contributed by atoms with Crippen molar-refractivity contribution in [2.45, 2.75) is 78.0 Å². The van der Waals surface area contributed by atoms with Crippen molar-refractivity contribution in [2.75, 3.05) is 5.32 Å². The van der Waals surface area contributed by atoms with E-state index in [4.69, 9.17) is 15.1 Å². The van der Waals surface area contributed by atoms with Crippen LogP contribution in [-0.4, -0.2) is 53.2 Å². The third-order valence-electron chi connectivity index (χ3n) is 5.76. The molecule has 0 amide bonds. The number of nitrogens with one attached hydrogen (secondary N) is 1. The van der Waals surface area contributed by atoms with Crippen LogP contribution in [0.3, 0.4) is 0 Å². The van der Waals surface area contributed by atoms with Gasteiger partial charge in [-0.3, -0.25) is 4.79 Å². The zero-order valence-corrected chi connectivity index (χ0v) is 22.6. The quantitative estimate of drug-likeness (QED) is 0.290. The van der Waals surface area contributed by atoms with E-state index in [1.54, 1.807) is 18.2 Å². The monoisotopic (exact) mass is 525 g/mol. The van der Waals surface area contributed by atoms with Crippen molar-refractivity contribution in [1.82, 2.24) is 19.7 Å². The Labute approximate surface area is 222 Å². The van der Waals surface area contributed by atoms with Crippen LogP contribution in [0.1, 0.15) is 70.3 Å². The molecule has 0 bridgehead atoms. The van der Waals surface area contributed by atoms with Crippen LogP contribution in [0.4, 0.5) is 16.2 Å². The Hall–Kier alpha value is -3.63. The minimum atomic E-state index is -1.19. The molecule has 0 spiro atoms. The fourth-order valence-electron chi connectivity index (χ4n) is 4.04. The van der Waals surface area contributed by atoms with E-state index in [0.29, 0.717) is 28.5 Å². The van der Waals surface area contributed by atoms with Crippen LogP contribution in [-0.2, 0) is 10.3 Å². The smallest absolute Gasteiger partial charge is 0.305 e. The summed E-state index contributed by atoms with van der Waals surface area (Å²) in [5.41, 5.74) is 3.04. The largest absolute Gasteiger partial charge is 0.481 e. The first-order valence-electron chi connectivity index (χ1n) is 12.5. The van der Waals surface area contributed by atoms with Crippen molar-refractivity contribution >= 4 is 23.8 Å². The molecule has 0 fully saturated rings. The van der Waals surface area contributed by atoms with Gasteiger partial charge in [0.2, 0.25) is 5.95 Å². The average Bonchev–Trinajstić information content (AvgIpc) is 3.18. The number of aliphatic hydroxyl groups is 2. The Morgan fingerprint density at radius 1 is 1.16 bits per heavy atom. The first-order valence-corrected chi connectivity index (χ1v) is 12.5. The number of carboxylic acids is 1. The SMILES string of the molecule is Cc1cc(Nc2nc(-c3ccc(F)cc3)c(C=C[C@@H](O)C[C@@H](O)CC(=O)O)c(C(C)C)n2)n(C(C)(C)C)n1. The van der Waals surface area contributed by atoms with Gasteiger partial charge in [0.25, 0.3) is 0 Å². The lowest BCUT2D eigenvalue weighted by molar-refractivity contribution is -0.139. The molecule has 0 unspecified atom stereocenters. The van der Waals surface area contributed by atoms with Crippen molar-refractivity contribution in [3.8, 4) is 11.3 Å². The summed E-state index contributed by atoms with van der Waals surface area (Å²) in [7, 11) is 0. The summed E-state index contributed by atoms with van der Waals surface area (Å²) >= 11 is 0. The molecule has 2 atom stereocenters. The molecule has 0 saturated heterocycles. The second-order valence-corrected chi connectivity index (χ2v) is 10.6. The van der Waals surface area contributed by atoms with E-state index >= 15 is 0 Å². The van der Waals surface area contributed by atoms with Gasteiger partial charge >= 0.3 is 5.97 Å². The molecule has 1 aromatic carbocycles. The zero-order valence-electron chi connectivity index (χ0n) is 22.6. The topological polar surface area (TPSA) is 133 Å². The third-order valence-corrected chi connectivity index (χ3v) is 5.76. The maximum atomic E-state index is 13.7. The second-order valence-electron chi connectivity index (χ2n) is 10.6. The Morgan fingerprint density at radius 2 is 1.82 bits per heavy atom. The van der Waals surface area contributed by atoms with Gasteiger partial charge in [-0.05, 0) is 57.9 Å². The second kappa shape index (κ2) is 11.8. The molecule has 38 heavy (non-hydrogen) atoms. The van der Waals surface area contributed by atoms with Gasteiger partial charge in [-0.15, -0.1) is 0 Å². The lowest BCUT2D eigenvalue weighted by Crippen LogP contribution is -2.25. The molecule has 204 valence electrons. The number of aryl methyl sites for hydroxylation is 1. The van der Waals surface area contributed by atoms with Gasteiger partial charge in [-0.2, -0.15) is 5.10 Å². The summed E-state index contributed by atoms with van der Waals surface area (Å²) in [5, 5.41) is 37.1. The molecule has 3 aromatic rings. The van der Waals surface area contributed by atoms with Crippen molar-refractivity contribution < 1.29 is 24.5 Å². The Balaban J connectivity index is 2.09. The van der Waals surface area contributed by atoms with E-state index in [2.05, 4.69) is 10.4 Å². The minimum Gasteiger partial charge on any atom is -0.481 e. The van der Waals surface area contributed by atoms with E-state index in [1.165, 1.54) is 18.2 Å².